The van der Waals surface area contributed by atoms with Crippen LogP contribution in [0.15, 0.2) is 66.9 Å². The van der Waals surface area contributed by atoms with Gasteiger partial charge < -0.3 is 14.8 Å². The fourth-order valence-electron chi connectivity index (χ4n) is 3.87. The van der Waals surface area contributed by atoms with Crippen molar-refractivity contribution in [2.45, 2.75) is 19.0 Å². The summed E-state index contributed by atoms with van der Waals surface area (Å²) in [6.45, 7) is 0.278. The second-order valence-corrected chi connectivity index (χ2v) is 7.10. The molecule has 4 rings (SSSR count). The van der Waals surface area contributed by atoms with Gasteiger partial charge in [0.25, 0.3) is 5.91 Å². The van der Waals surface area contributed by atoms with Crippen LogP contribution in [0.1, 0.15) is 34.1 Å². The van der Waals surface area contributed by atoms with Crippen molar-refractivity contribution in [2.24, 2.45) is 0 Å². The number of nitrogens with zero attached hydrogens (tertiary/aromatic N) is 2. The minimum atomic E-state index is -0.474. The van der Waals surface area contributed by atoms with Crippen LogP contribution in [0, 0.1) is 0 Å². The zero-order valence-electron chi connectivity index (χ0n) is 17.4. The SMILES string of the molecule is COc1cccc(CNC(=O)CC2c3ncccc3C(=O)N2c2ccccc2)c1OC. The average molecular weight is 417 g/mol. The summed E-state index contributed by atoms with van der Waals surface area (Å²) in [6, 6.07) is 17.9. The van der Waals surface area contributed by atoms with E-state index in [4.69, 9.17) is 9.47 Å². The van der Waals surface area contributed by atoms with Gasteiger partial charge in [0.05, 0.1) is 37.9 Å². The van der Waals surface area contributed by atoms with Gasteiger partial charge in [0.1, 0.15) is 0 Å². The molecule has 7 heteroatoms. The number of pyridine rings is 1. The second kappa shape index (κ2) is 8.87. The van der Waals surface area contributed by atoms with E-state index in [9.17, 15) is 9.59 Å². The zero-order valence-corrected chi connectivity index (χ0v) is 17.4. The van der Waals surface area contributed by atoms with Gasteiger partial charge in [0.15, 0.2) is 11.5 Å². The number of ether oxygens (including phenoxy) is 2. The molecule has 2 aromatic carbocycles. The van der Waals surface area contributed by atoms with Crippen LogP contribution in [0.3, 0.4) is 0 Å². The summed E-state index contributed by atoms with van der Waals surface area (Å²) < 4.78 is 10.7. The smallest absolute Gasteiger partial charge is 0.260 e. The molecule has 0 saturated heterocycles. The lowest BCUT2D eigenvalue weighted by molar-refractivity contribution is -0.121. The van der Waals surface area contributed by atoms with Gasteiger partial charge in [-0.05, 0) is 30.3 Å². The second-order valence-electron chi connectivity index (χ2n) is 7.10. The van der Waals surface area contributed by atoms with E-state index in [1.807, 2.05) is 42.5 Å². The van der Waals surface area contributed by atoms with Gasteiger partial charge in [0, 0.05) is 24.0 Å². The number of amides is 2. The van der Waals surface area contributed by atoms with Crippen LogP contribution in [0.2, 0.25) is 0 Å². The van der Waals surface area contributed by atoms with E-state index < -0.39 is 6.04 Å². The first-order chi connectivity index (χ1) is 15.1. The molecule has 7 nitrogen and oxygen atoms in total. The van der Waals surface area contributed by atoms with Gasteiger partial charge in [-0.25, -0.2) is 0 Å². The van der Waals surface area contributed by atoms with Crippen LogP contribution in [-0.4, -0.2) is 31.0 Å². The number of rotatable bonds is 7. The molecule has 1 unspecified atom stereocenters. The van der Waals surface area contributed by atoms with Crippen molar-refractivity contribution in [2.75, 3.05) is 19.1 Å². The van der Waals surface area contributed by atoms with Crippen molar-refractivity contribution >= 4 is 17.5 Å². The molecular weight excluding hydrogens is 394 g/mol. The molecule has 3 aromatic rings. The molecule has 158 valence electrons. The Morgan fingerprint density at radius 3 is 2.58 bits per heavy atom. The summed E-state index contributed by atoms with van der Waals surface area (Å²) in [7, 11) is 3.13. The van der Waals surface area contributed by atoms with Gasteiger partial charge in [-0.2, -0.15) is 0 Å². The third-order valence-electron chi connectivity index (χ3n) is 5.29. The van der Waals surface area contributed by atoms with Crippen LogP contribution in [0.5, 0.6) is 11.5 Å². The molecule has 1 N–H and O–H groups in total. The summed E-state index contributed by atoms with van der Waals surface area (Å²) in [5, 5.41) is 2.93. The number of aromatic nitrogens is 1. The summed E-state index contributed by atoms with van der Waals surface area (Å²) in [6.07, 6.45) is 1.74. The normalized spacial score (nSPS) is 14.8. The molecular formula is C24H23N3O4. The number of benzene rings is 2. The maximum absolute atomic E-state index is 13.0. The summed E-state index contributed by atoms with van der Waals surface area (Å²) in [5.41, 5.74) is 2.68. The molecule has 0 fully saturated rings. The Labute approximate surface area is 180 Å². The molecule has 1 aromatic heterocycles. The molecule has 2 amide bonds. The fourth-order valence-corrected chi connectivity index (χ4v) is 3.87. The molecule has 0 saturated carbocycles. The highest BCUT2D eigenvalue weighted by Gasteiger charge is 2.39. The number of hydrogen-bond acceptors (Lipinski definition) is 5. The molecule has 1 aliphatic heterocycles. The largest absolute Gasteiger partial charge is 0.493 e. The minimum absolute atomic E-state index is 0.0942. The number of carbonyl (C=O) groups excluding carboxylic acids is 2. The molecule has 0 bridgehead atoms. The molecule has 0 spiro atoms. The standard InChI is InChI=1S/C24H23N3O4/c1-30-20-12-6-8-16(23(20)31-2)15-26-21(28)14-19-22-18(11-7-13-25-22)24(29)27(19)17-9-4-3-5-10-17/h3-13,19H,14-15H2,1-2H3,(H,26,28). The van der Waals surface area contributed by atoms with E-state index in [1.54, 1.807) is 43.5 Å². The Kier molecular flexibility index (Phi) is 5.84. The van der Waals surface area contributed by atoms with Crippen LogP contribution in [0.25, 0.3) is 0 Å². The maximum atomic E-state index is 13.0. The van der Waals surface area contributed by atoms with Gasteiger partial charge in [-0.1, -0.05) is 30.3 Å². The third kappa shape index (κ3) is 3.94. The number of carbonyl (C=O) groups is 2. The summed E-state index contributed by atoms with van der Waals surface area (Å²) >= 11 is 0. The highest BCUT2D eigenvalue weighted by molar-refractivity contribution is 6.11. The maximum Gasteiger partial charge on any atom is 0.260 e. The Balaban J connectivity index is 1.54. The quantitative estimate of drug-likeness (QED) is 0.636. The van der Waals surface area contributed by atoms with Crippen molar-refractivity contribution in [3.63, 3.8) is 0 Å². The highest BCUT2D eigenvalue weighted by atomic mass is 16.5. The summed E-state index contributed by atoms with van der Waals surface area (Å²) in [5.74, 6) is 0.840. The monoisotopic (exact) mass is 417 g/mol. The van der Waals surface area contributed by atoms with E-state index in [1.165, 1.54) is 0 Å². The van der Waals surface area contributed by atoms with Gasteiger partial charge in [0.2, 0.25) is 5.91 Å². The fraction of sp³-hybridized carbons (Fsp3) is 0.208. The molecule has 0 radical (unpaired) electrons. The predicted molar refractivity (Wildman–Crippen MR) is 116 cm³/mol. The lowest BCUT2D eigenvalue weighted by Crippen LogP contribution is -2.33. The number of anilines is 1. The number of para-hydroxylation sites is 2. The van der Waals surface area contributed by atoms with Crippen LogP contribution >= 0.6 is 0 Å². The molecule has 1 aliphatic rings. The Hall–Kier alpha value is -3.87. The molecule has 1 atom stereocenters. The van der Waals surface area contributed by atoms with Crippen molar-refractivity contribution in [3.8, 4) is 11.5 Å². The van der Waals surface area contributed by atoms with Crippen LogP contribution < -0.4 is 19.7 Å². The first-order valence-electron chi connectivity index (χ1n) is 9.94. The van der Waals surface area contributed by atoms with Crippen LogP contribution in [0.4, 0.5) is 5.69 Å². The molecule has 0 aliphatic carbocycles. The first-order valence-corrected chi connectivity index (χ1v) is 9.94. The molecule has 2 heterocycles. The van der Waals surface area contributed by atoms with Crippen molar-refractivity contribution in [1.29, 1.82) is 0 Å². The van der Waals surface area contributed by atoms with Crippen molar-refractivity contribution in [1.82, 2.24) is 10.3 Å². The van der Waals surface area contributed by atoms with E-state index >= 15 is 0 Å². The van der Waals surface area contributed by atoms with Crippen molar-refractivity contribution < 1.29 is 19.1 Å². The average Bonchev–Trinajstić information content (AvgIpc) is 3.09. The number of hydrogen-bond donors (Lipinski definition) is 1. The van der Waals surface area contributed by atoms with E-state index in [0.29, 0.717) is 22.8 Å². The summed E-state index contributed by atoms with van der Waals surface area (Å²) in [4.78, 5) is 32.0. The van der Waals surface area contributed by atoms with Crippen LogP contribution in [-0.2, 0) is 11.3 Å². The minimum Gasteiger partial charge on any atom is -0.493 e. The van der Waals surface area contributed by atoms with E-state index in [2.05, 4.69) is 10.3 Å². The zero-order chi connectivity index (χ0) is 21.8. The topological polar surface area (TPSA) is 80.8 Å². The Morgan fingerprint density at radius 1 is 1.03 bits per heavy atom. The van der Waals surface area contributed by atoms with Crippen molar-refractivity contribution in [3.05, 3.63) is 83.7 Å². The Morgan fingerprint density at radius 2 is 1.84 bits per heavy atom. The number of methoxy groups -OCH3 is 2. The lowest BCUT2D eigenvalue weighted by atomic mass is 10.1. The van der Waals surface area contributed by atoms with Gasteiger partial charge in [-0.15, -0.1) is 0 Å². The van der Waals surface area contributed by atoms with E-state index in [-0.39, 0.29) is 24.8 Å². The number of fused-ring (bicyclic) bond motifs is 1. The molecule has 31 heavy (non-hydrogen) atoms. The van der Waals surface area contributed by atoms with Gasteiger partial charge >= 0.3 is 0 Å². The number of nitrogens with one attached hydrogen (secondary N) is 1. The Bertz CT molecular complexity index is 1100. The first kappa shape index (κ1) is 20.4. The van der Waals surface area contributed by atoms with E-state index in [0.717, 1.165) is 11.3 Å². The predicted octanol–water partition coefficient (Wildman–Crippen LogP) is 3.51. The highest BCUT2D eigenvalue weighted by Crippen LogP contribution is 2.38. The third-order valence-corrected chi connectivity index (χ3v) is 5.29. The lowest BCUT2D eigenvalue weighted by Gasteiger charge is -2.24. The van der Waals surface area contributed by atoms with Gasteiger partial charge in [-0.3, -0.25) is 19.5 Å².